The van der Waals surface area contributed by atoms with Crippen molar-refractivity contribution in [1.29, 1.82) is 0 Å². The molecular weight excluding hydrogens is 383 g/mol. The zero-order valence-electron chi connectivity index (χ0n) is 18.5. The molecule has 1 aliphatic heterocycles. The molecule has 6 rings (SSSR count). The quantitative estimate of drug-likeness (QED) is 0.427. The monoisotopic (exact) mass is 410 g/mol. The smallest absolute Gasteiger partial charge is 0.399 e. The average molecular weight is 410 g/mol. The van der Waals surface area contributed by atoms with Crippen LogP contribution in [0.3, 0.4) is 0 Å². The maximum Gasteiger partial charge on any atom is 0.494 e. The molecule has 0 radical (unpaired) electrons. The molecule has 31 heavy (non-hydrogen) atoms. The highest BCUT2D eigenvalue weighted by atomic mass is 16.7. The minimum absolute atomic E-state index is 0.345. The molecule has 0 bridgehead atoms. The summed E-state index contributed by atoms with van der Waals surface area (Å²) in [7, 11) is -0.355. The number of nitrogens with zero attached hydrogens (tertiary/aromatic N) is 1. The molecule has 1 fully saturated rings. The summed E-state index contributed by atoms with van der Waals surface area (Å²) in [6, 6.07) is 13.1. The summed E-state index contributed by atoms with van der Waals surface area (Å²) in [5.74, 6) is 0. The van der Waals surface area contributed by atoms with E-state index < -0.39 is 0 Å². The standard InChI is InChI=1S/C26H27BN2O2/c1-25(2)26(3,4)31-27(30-25)18-11-13-22-21(16-18)20-12-10-17-14-15-29(24(17)23(20)28-22)19-8-6-5-7-9-19/h5-6,8,10-16,28H,7,9H2,1-4H3. The van der Waals surface area contributed by atoms with Gasteiger partial charge in [-0.2, -0.15) is 0 Å². The van der Waals surface area contributed by atoms with Gasteiger partial charge in [-0.1, -0.05) is 36.4 Å². The largest absolute Gasteiger partial charge is 0.494 e. The second-order valence-electron chi connectivity index (χ2n) is 9.75. The molecule has 1 saturated heterocycles. The van der Waals surface area contributed by atoms with E-state index in [9.17, 15) is 0 Å². The van der Waals surface area contributed by atoms with E-state index in [0.717, 1.165) is 23.8 Å². The lowest BCUT2D eigenvalue weighted by Gasteiger charge is -2.32. The van der Waals surface area contributed by atoms with Crippen LogP contribution >= 0.6 is 0 Å². The van der Waals surface area contributed by atoms with E-state index in [1.807, 2.05) is 0 Å². The minimum atomic E-state index is -0.355. The summed E-state index contributed by atoms with van der Waals surface area (Å²) in [6.07, 6.45) is 10.9. The average Bonchev–Trinajstić information content (AvgIpc) is 3.39. The molecule has 2 aromatic carbocycles. The lowest BCUT2D eigenvalue weighted by molar-refractivity contribution is 0.00578. The number of fused-ring (bicyclic) bond motifs is 5. The van der Waals surface area contributed by atoms with E-state index in [4.69, 9.17) is 9.31 Å². The molecule has 0 saturated carbocycles. The van der Waals surface area contributed by atoms with Crippen molar-refractivity contribution in [2.45, 2.75) is 51.7 Å². The third-order valence-corrected chi connectivity index (χ3v) is 7.27. The summed E-state index contributed by atoms with van der Waals surface area (Å²) in [6.45, 7) is 8.38. The Balaban J connectivity index is 1.52. The molecular formula is C26H27BN2O2. The molecule has 1 N–H and O–H groups in total. The first-order valence-corrected chi connectivity index (χ1v) is 11.1. The van der Waals surface area contributed by atoms with Gasteiger partial charge in [0.25, 0.3) is 0 Å². The van der Waals surface area contributed by atoms with E-state index in [2.05, 4.69) is 98.1 Å². The SMILES string of the molecule is CC1(C)OB(c2ccc3[nH]c4c(ccc5ccn(C6=CC=CCC6)c54)c3c2)OC1(C)C. The number of rotatable bonds is 2. The number of H-pyrrole nitrogens is 1. The summed E-state index contributed by atoms with van der Waals surface area (Å²) >= 11 is 0. The second kappa shape index (κ2) is 6.38. The summed E-state index contributed by atoms with van der Waals surface area (Å²) in [4.78, 5) is 3.69. The maximum absolute atomic E-state index is 6.29. The number of aromatic nitrogens is 2. The number of allylic oxidation sites excluding steroid dienone is 4. The fourth-order valence-corrected chi connectivity index (χ4v) is 4.77. The van der Waals surface area contributed by atoms with Gasteiger partial charge < -0.3 is 18.9 Å². The molecule has 5 heteroatoms. The zero-order chi connectivity index (χ0) is 21.4. The Hall–Kier alpha value is -2.76. The van der Waals surface area contributed by atoms with Crippen molar-refractivity contribution < 1.29 is 9.31 Å². The van der Waals surface area contributed by atoms with Gasteiger partial charge in [0.2, 0.25) is 0 Å². The van der Waals surface area contributed by atoms with Gasteiger partial charge >= 0.3 is 7.12 Å². The van der Waals surface area contributed by atoms with E-state index in [1.165, 1.54) is 32.9 Å². The molecule has 156 valence electrons. The third-order valence-electron chi connectivity index (χ3n) is 7.27. The second-order valence-corrected chi connectivity index (χ2v) is 9.75. The Bertz CT molecular complexity index is 1390. The van der Waals surface area contributed by atoms with Crippen molar-refractivity contribution in [2.24, 2.45) is 0 Å². The number of hydrogen-bond donors (Lipinski definition) is 1. The van der Waals surface area contributed by atoms with E-state index >= 15 is 0 Å². The van der Waals surface area contributed by atoms with E-state index in [1.54, 1.807) is 0 Å². The predicted molar refractivity (Wildman–Crippen MR) is 130 cm³/mol. The fraction of sp³-hybridized carbons (Fsp3) is 0.308. The first-order valence-electron chi connectivity index (χ1n) is 11.1. The fourth-order valence-electron chi connectivity index (χ4n) is 4.77. The molecule has 2 aliphatic rings. The molecule has 0 atom stereocenters. The Kier molecular flexibility index (Phi) is 3.90. The number of nitrogens with one attached hydrogen (secondary N) is 1. The lowest BCUT2D eigenvalue weighted by atomic mass is 9.78. The van der Waals surface area contributed by atoms with Crippen LogP contribution < -0.4 is 5.46 Å². The van der Waals surface area contributed by atoms with Crippen LogP contribution in [0.4, 0.5) is 0 Å². The normalized spacial score (nSPS) is 20.3. The highest BCUT2D eigenvalue weighted by Crippen LogP contribution is 2.38. The molecule has 0 amide bonds. The van der Waals surface area contributed by atoms with Gasteiger partial charge in [0, 0.05) is 33.6 Å². The zero-order valence-corrected chi connectivity index (χ0v) is 18.5. The Morgan fingerprint density at radius 1 is 0.968 bits per heavy atom. The number of hydrogen-bond acceptors (Lipinski definition) is 2. The van der Waals surface area contributed by atoms with Gasteiger partial charge in [0.15, 0.2) is 0 Å². The van der Waals surface area contributed by atoms with Gasteiger partial charge in [-0.05, 0) is 64.2 Å². The van der Waals surface area contributed by atoms with Crippen molar-refractivity contribution in [3.05, 3.63) is 60.8 Å². The van der Waals surface area contributed by atoms with Crippen LogP contribution in [-0.4, -0.2) is 27.9 Å². The van der Waals surface area contributed by atoms with Gasteiger partial charge in [0.05, 0.1) is 22.2 Å². The highest BCUT2D eigenvalue weighted by Gasteiger charge is 2.51. The van der Waals surface area contributed by atoms with Crippen LogP contribution in [-0.2, 0) is 9.31 Å². The molecule has 4 aromatic rings. The van der Waals surface area contributed by atoms with Crippen LogP contribution in [0.5, 0.6) is 0 Å². The number of benzene rings is 2. The van der Waals surface area contributed by atoms with Crippen molar-refractivity contribution in [2.75, 3.05) is 0 Å². The summed E-state index contributed by atoms with van der Waals surface area (Å²) < 4.78 is 14.9. The molecule has 0 unspecified atom stereocenters. The predicted octanol–water partition coefficient (Wildman–Crippen LogP) is 5.77. The third kappa shape index (κ3) is 2.76. The lowest BCUT2D eigenvalue weighted by Crippen LogP contribution is -2.41. The number of aromatic amines is 1. The van der Waals surface area contributed by atoms with Crippen molar-refractivity contribution >= 4 is 51.0 Å². The topological polar surface area (TPSA) is 39.2 Å². The van der Waals surface area contributed by atoms with Gasteiger partial charge in [0.1, 0.15) is 0 Å². The molecule has 3 heterocycles. The van der Waals surface area contributed by atoms with Crippen LogP contribution in [0, 0.1) is 0 Å². The highest BCUT2D eigenvalue weighted by molar-refractivity contribution is 6.62. The Morgan fingerprint density at radius 3 is 2.52 bits per heavy atom. The van der Waals surface area contributed by atoms with Crippen LogP contribution in [0.25, 0.3) is 38.4 Å². The van der Waals surface area contributed by atoms with Gasteiger partial charge in [-0.25, -0.2) is 0 Å². The first kappa shape index (κ1) is 19.0. The van der Waals surface area contributed by atoms with Crippen LogP contribution in [0.1, 0.15) is 40.5 Å². The molecule has 4 nitrogen and oxygen atoms in total. The van der Waals surface area contributed by atoms with Crippen molar-refractivity contribution in [1.82, 2.24) is 9.55 Å². The summed E-state index contributed by atoms with van der Waals surface area (Å²) in [5, 5.41) is 3.68. The van der Waals surface area contributed by atoms with Gasteiger partial charge in [-0.15, -0.1) is 0 Å². The Labute approximate surface area is 182 Å². The first-order chi connectivity index (χ1) is 14.8. The van der Waals surface area contributed by atoms with Gasteiger partial charge in [-0.3, -0.25) is 0 Å². The minimum Gasteiger partial charge on any atom is -0.399 e. The summed E-state index contributed by atoms with van der Waals surface area (Å²) in [5.41, 5.74) is 5.26. The molecule has 0 spiro atoms. The van der Waals surface area contributed by atoms with Crippen LogP contribution in [0.2, 0.25) is 0 Å². The maximum atomic E-state index is 6.29. The Morgan fingerprint density at radius 2 is 1.77 bits per heavy atom. The van der Waals surface area contributed by atoms with Crippen LogP contribution in [0.15, 0.2) is 60.8 Å². The van der Waals surface area contributed by atoms with E-state index in [-0.39, 0.29) is 18.3 Å². The molecule has 2 aromatic heterocycles. The van der Waals surface area contributed by atoms with E-state index in [0.29, 0.717) is 0 Å². The van der Waals surface area contributed by atoms with Crippen molar-refractivity contribution in [3.8, 4) is 0 Å². The molecule has 1 aliphatic carbocycles. The van der Waals surface area contributed by atoms with Crippen molar-refractivity contribution in [3.63, 3.8) is 0 Å².